The lowest BCUT2D eigenvalue weighted by Gasteiger charge is -2.32. The van der Waals surface area contributed by atoms with Crippen molar-refractivity contribution in [3.8, 4) is 0 Å². The lowest BCUT2D eigenvalue weighted by Crippen LogP contribution is -2.49. The van der Waals surface area contributed by atoms with Crippen LogP contribution in [0.15, 0.2) is 0 Å². The quantitative estimate of drug-likeness (QED) is 0.764. The number of piperidine rings is 1. The molecule has 5 nitrogen and oxygen atoms in total. The lowest BCUT2D eigenvalue weighted by atomic mass is 9.96. The summed E-state index contributed by atoms with van der Waals surface area (Å²) in [5, 5.41) is 11.2. The van der Waals surface area contributed by atoms with Crippen LogP contribution in [0.4, 0.5) is 4.79 Å². The molecule has 92 valence electrons. The van der Waals surface area contributed by atoms with Crippen LogP contribution in [0.3, 0.4) is 0 Å². The first-order chi connectivity index (χ1) is 7.54. The SMILES string of the molecule is CCC1CCCN(C(=O)N[C@H](C)C(=O)O)C1. The standard InChI is InChI=1S/C11H20N2O3/c1-3-9-5-4-6-13(7-9)11(16)12-8(2)10(14)15/h8-9H,3-7H2,1-2H3,(H,12,16)(H,14,15)/t8-,9?/m1/s1. The Hall–Kier alpha value is -1.26. The maximum atomic E-state index is 11.7. The van der Waals surface area contributed by atoms with Gasteiger partial charge in [0, 0.05) is 13.1 Å². The van der Waals surface area contributed by atoms with Crippen LogP contribution in [0.1, 0.15) is 33.1 Å². The molecule has 2 amide bonds. The Labute approximate surface area is 95.8 Å². The van der Waals surface area contributed by atoms with Crippen molar-refractivity contribution in [3.05, 3.63) is 0 Å². The molecule has 1 unspecified atom stereocenters. The summed E-state index contributed by atoms with van der Waals surface area (Å²) in [5.74, 6) is -0.447. The van der Waals surface area contributed by atoms with E-state index in [0.717, 1.165) is 32.4 Å². The van der Waals surface area contributed by atoms with Crippen molar-refractivity contribution in [2.45, 2.75) is 39.2 Å². The number of hydrogen-bond donors (Lipinski definition) is 2. The summed E-state index contributed by atoms with van der Waals surface area (Å²) in [5.41, 5.74) is 0. The maximum Gasteiger partial charge on any atom is 0.325 e. The first kappa shape index (κ1) is 12.8. The minimum Gasteiger partial charge on any atom is -0.480 e. The minimum atomic E-state index is -1.00. The topological polar surface area (TPSA) is 69.6 Å². The molecule has 1 fully saturated rings. The van der Waals surface area contributed by atoms with Gasteiger partial charge in [0.2, 0.25) is 0 Å². The zero-order valence-electron chi connectivity index (χ0n) is 9.90. The fraction of sp³-hybridized carbons (Fsp3) is 0.818. The fourth-order valence-electron chi connectivity index (χ4n) is 1.92. The van der Waals surface area contributed by atoms with Gasteiger partial charge in [-0.3, -0.25) is 4.79 Å². The number of likely N-dealkylation sites (tertiary alicyclic amines) is 1. The number of carbonyl (C=O) groups is 2. The van der Waals surface area contributed by atoms with Crippen LogP contribution in [-0.4, -0.2) is 41.1 Å². The Morgan fingerprint density at radius 2 is 2.25 bits per heavy atom. The van der Waals surface area contributed by atoms with Gasteiger partial charge in [0.15, 0.2) is 0 Å². The van der Waals surface area contributed by atoms with Crippen LogP contribution in [0.25, 0.3) is 0 Å². The first-order valence-electron chi connectivity index (χ1n) is 5.82. The number of nitrogens with zero attached hydrogens (tertiary/aromatic N) is 1. The molecular formula is C11H20N2O3. The third-order valence-electron chi connectivity index (χ3n) is 3.09. The van der Waals surface area contributed by atoms with Crippen molar-refractivity contribution in [1.82, 2.24) is 10.2 Å². The Kier molecular flexibility index (Phi) is 4.58. The summed E-state index contributed by atoms with van der Waals surface area (Å²) < 4.78 is 0. The molecule has 0 aromatic carbocycles. The van der Waals surface area contributed by atoms with Gasteiger partial charge in [-0.15, -0.1) is 0 Å². The highest BCUT2D eigenvalue weighted by molar-refractivity contribution is 5.82. The molecule has 5 heteroatoms. The summed E-state index contributed by atoms with van der Waals surface area (Å²) in [6.07, 6.45) is 3.24. The molecule has 0 spiro atoms. The predicted octanol–water partition coefficient (Wildman–Crippen LogP) is 1.29. The molecule has 0 saturated carbocycles. The molecule has 0 radical (unpaired) electrons. The zero-order valence-corrected chi connectivity index (χ0v) is 9.90. The second-order valence-electron chi connectivity index (χ2n) is 4.37. The van der Waals surface area contributed by atoms with Crippen LogP contribution >= 0.6 is 0 Å². The van der Waals surface area contributed by atoms with Crippen molar-refractivity contribution in [2.24, 2.45) is 5.92 Å². The van der Waals surface area contributed by atoms with Gasteiger partial charge in [-0.25, -0.2) is 4.79 Å². The molecule has 0 aromatic rings. The number of nitrogens with one attached hydrogen (secondary N) is 1. The number of aliphatic carboxylic acids is 1. The first-order valence-corrected chi connectivity index (χ1v) is 5.82. The molecular weight excluding hydrogens is 208 g/mol. The summed E-state index contributed by atoms with van der Waals surface area (Å²) >= 11 is 0. The second-order valence-corrected chi connectivity index (χ2v) is 4.37. The van der Waals surface area contributed by atoms with Crippen LogP contribution in [0.5, 0.6) is 0 Å². The molecule has 1 saturated heterocycles. The fourth-order valence-corrected chi connectivity index (χ4v) is 1.92. The smallest absolute Gasteiger partial charge is 0.325 e. The minimum absolute atomic E-state index is 0.256. The highest BCUT2D eigenvalue weighted by atomic mass is 16.4. The molecule has 1 rings (SSSR count). The molecule has 1 aliphatic rings. The van der Waals surface area contributed by atoms with Gasteiger partial charge in [-0.05, 0) is 25.7 Å². The van der Waals surface area contributed by atoms with Crippen molar-refractivity contribution in [3.63, 3.8) is 0 Å². The zero-order chi connectivity index (χ0) is 12.1. The number of amides is 2. The molecule has 1 aliphatic heterocycles. The summed E-state index contributed by atoms with van der Waals surface area (Å²) in [6.45, 7) is 5.07. The van der Waals surface area contributed by atoms with Crippen molar-refractivity contribution in [2.75, 3.05) is 13.1 Å². The third-order valence-corrected chi connectivity index (χ3v) is 3.09. The van der Waals surface area contributed by atoms with E-state index in [-0.39, 0.29) is 6.03 Å². The summed E-state index contributed by atoms with van der Waals surface area (Å²) in [4.78, 5) is 24.1. The highest BCUT2D eigenvalue weighted by Gasteiger charge is 2.24. The highest BCUT2D eigenvalue weighted by Crippen LogP contribution is 2.18. The number of hydrogen-bond acceptors (Lipinski definition) is 2. The van der Waals surface area contributed by atoms with Gasteiger partial charge in [0.25, 0.3) is 0 Å². The van der Waals surface area contributed by atoms with Crippen LogP contribution < -0.4 is 5.32 Å². The van der Waals surface area contributed by atoms with Gasteiger partial charge < -0.3 is 15.3 Å². The molecule has 0 aliphatic carbocycles. The third kappa shape index (κ3) is 3.40. The van der Waals surface area contributed by atoms with Crippen molar-refractivity contribution >= 4 is 12.0 Å². The average Bonchev–Trinajstić information content (AvgIpc) is 2.28. The number of carbonyl (C=O) groups excluding carboxylic acids is 1. The van der Waals surface area contributed by atoms with Gasteiger partial charge in [-0.1, -0.05) is 13.3 Å². The summed E-state index contributed by atoms with van der Waals surface area (Å²) in [7, 11) is 0. The largest absolute Gasteiger partial charge is 0.480 e. The predicted molar refractivity (Wildman–Crippen MR) is 60.2 cm³/mol. The Morgan fingerprint density at radius 3 is 2.81 bits per heavy atom. The molecule has 0 bridgehead atoms. The summed E-state index contributed by atoms with van der Waals surface area (Å²) in [6, 6.07) is -1.08. The van der Waals surface area contributed by atoms with Crippen LogP contribution in [0, 0.1) is 5.92 Å². The van der Waals surface area contributed by atoms with Crippen molar-refractivity contribution < 1.29 is 14.7 Å². The van der Waals surface area contributed by atoms with E-state index in [2.05, 4.69) is 12.2 Å². The average molecular weight is 228 g/mol. The van der Waals surface area contributed by atoms with Gasteiger partial charge in [0.05, 0.1) is 0 Å². The Bertz CT molecular complexity index is 268. The van der Waals surface area contributed by atoms with E-state index in [0.29, 0.717) is 5.92 Å². The Morgan fingerprint density at radius 1 is 1.56 bits per heavy atom. The molecule has 16 heavy (non-hydrogen) atoms. The molecule has 0 aromatic heterocycles. The molecule has 1 heterocycles. The van der Waals surface area contributed by atoms with E-state index in [1.165, 1.54) is 6.92 Å². The lowest BCUT2D eigenvalue weighted by molar-refractivity contribution is -0.138. The second kappa shape index (κ2) is 5.72. The number of rotatable bonds is 3. The Balaban J connectivity index is 2.44. The van der Waals surface area contributed by atoms with E-state index < -0.39 is 12.0 Å². The van der Waals surface area contributed by atoms with E-state index in [1.807, 2.05) is 0 Å². The van der Waals surface area contributed by atoms with Crippen molar-refractivity contribution in [1.29, 1.82) is 0 Å². The van der Waals surface area contributed by atoms with E-state index in [1.54, 1.807) is 4.90 Å². The number of urea groups is 1. The van der Waals surface area contributed by atoms with Gasteiger partial charge in [0.1, 0.15) is 6.04 Å². The van der Waals surface area contributed by atoms with Crippen LogP contribution in [0.2, 0.25) is 0 Å². The molecule has 2 atom stereocenters. The van der Waals surface area contributed by atoms with Crippen LogP contribution in [-0.2, 0) is 4.79 Å². The maximum absolute atomic E-state index is 11.7. The normalized spacial score (nSPS) is 22.6. The van der Waals surface area contributed by atoms with Gasteiger partial charge >= 0.3 is 12.0 Å². The van der Waals surface area contributed by atoms with E-state index in [9.17, 15) is 9.59 Å². The number of carboxylic acid groups (broad SMARTS) is 1. The number of carboxylic acids is 1. The van der Waals surface area contributed by atoms with Gasteiger partial charge in [-0.2, -0.15) is 0 Å². The van der Waals surface area contributed by atoms with E-state index in [4.69, 9.17) is 5.11 Å². The monoisotopic (exact) mass is 228 g/mol. The molecule has 2 N–H and O–H groups in total. The van der Waals surface area contributed by atoms with E-state index >= 15 is 0 Å².